The summed E-state index contributed by atoms with van der Waals surface area (Å²) in [6, 6.07) is 10.6. The van der Waals surface area contributed by atoms with Crippen LogP contribution in [0.3, 0.4) is 0 Å². The van der Waals surface area contributed by atoms with Gasteiger partial charge in [-0.1, -0.05) is 23.9 Å². The van der Waals surface area contributed by atoms with Crippen molar-refractivity contribution < 1.29 is 13.5 Å². The number of benzene rings is 2. The van der Waals surface area contributed by atoms with E-state index in [1.165, 1.54) is 23.9 Å². The van der Waals surface area contributed by atoms with Gasteiger partial charge in [0.25, 0.3) is 5.56 Å². The zero-order valence-corrected chi connectivity index (χ0v) is 15.3. The molecular weight excluding hydrogens is 370 g/mol. The molecule has 0 spiro atoms. The Kier molecular flexibility index (Phi) is 5.22. The van der Waals surface area contributed by atoms with Crippen molar-refractivity contribution in [2.75, 3.05) is 6.61 Å². The maximum atomic E-state index is 13.4. The van der Waals surface area contributed by atoms with E-state index in [1.807, 2.05) is 12.1 Å². The fourth-order valence-corrected chi connectivity index (χ4v) is 4.19. The number of thioether (sulfide) groups is 1. The van der Waals surface area contributed by atoms with Gasteiger partial charge in [-0.3, -0.25) is 9.36 Å². The average Bonchev–Trinajstić information content (AvgIpc) is 3.15. The maximum absolute atomic E-state index is 13.4. The smallest absolute Gasteiger partial charge is 0.262 e. The first-order valence-electron chi connectivity index (χ1n) is 8.79. The second-order valence-corrected chi connectivity index (χ2v) is 7.47. The Morgan fingerprint density at radius 1 is 1.19 bits per heavy atom. The van der Waals surface area contributed by atoms with E-state index >= 15 is 0 Å². The van der Waals surface area contributed by atoms with Crippen LogP contribution in [0, 0.1) is 11.6 Å². The lowest BCUT2D eigenvalue weighted by Gasteiger charge is -2.16. The minimum absolute atomic E-state index is 0.0170. The van der Waals surface area contributed by atoms with Crippen molar-refractivity contribution in [1.29, 1.82) is 0 Å². The Morgan fingerprint density at radius 2 is 1.96 bits per heavy atom. The van der Waals surface area contributed by atoms with Gasteiger partial charge in [-0.25, -0.2) is 13.8 Å². The Morgan fingerprint density at radius 3 is 2.70 bits per heavy atom. The summed E-state index contributed by atoms with van der Waals surface area (Å²) in [6.07, 6.45) is 1.86. The van der Waals surface area contributed by atoms with Crippen molar-refractivity contribution in [1.82, 2.24) is 9.55 Å². The molecule has 2 aromatic carbocycles. The molecule has 1 atom stereocenters. The number of nitrogens with zero attached hydrogens (tertiary/aromatic N) is 2. The fraction of sp³-hybridized carbons (Fsp3) is 0.300. The van der Waals surface area contributed by atoms with Crippen molar-refractivity contribution in [3.8, 4) is 0 Å². The number of rotatable bonds is 5. The van der Waals surface area contributed by atoms with Crippen molar-refractivity contribution in [2.45, 2.75) is 36.4 Å². The Labute approximate surface area is 159 Å². The number of hydrogen-bond acceptors (Lipinski definition) is 4. The quantitative estimate of drug-likeness (QED) is 0.487. The molecule has 0 amide bonds. The standard InChI is InChI=1S/C20H18F2N2O2S/c21-14-8-13(9-15(22)10-14)12-27-20-23-18-6-2-1-5-17(18)19(25)24(20)11-16-4-3-7-26-16/h1-2,5-6,8-10,16H,3-4,7,11-12H2. The summed E-state index contributed by atoms with van der Waals surface area (Å²) in [6.45, 7) is 1.13. The van der Waals surface area contributed by atoms with Crippen LogP contribution in [0.15, 0.2) is 52.4 Å². The lowest BCUT2D eigenvalue weighted by molar-refractivity contribution is 0.0937. The Balaban J connectivity index is 1.69. The lowest BCUT2D eigenvalue weighted by atomic mass is 10.2. The van der Waals surface area contributed by atoms with Gasteiger partial charge in [0.15, 0.2) is 5.16 Å². The Bertz CT molecular complexity index is 1010. The summed E-state index contributed by atoms with van der Waals surface area (Å²) in [5, 5.41) is 1.08. The molecule has 0 bridgehead atoms. The number of fused-ring (bicyclic) bond motifs is 1. The zero-order chi connectivity index (χ0) is 18.8. The first-order chi connectivity index (χ1) is 13.1. The normalized spacial score (nSPS) is 16.9. The van der Waals surface area contributed by atoms with Crippen LogP contribution in [0.25, 0.3) is 10.9 Å². The van der Waals surface area contributed by atoms with Gasteiger partial charge in [0, 0.05) is 18.4 Å². The van der Waals surface area contributed by atoms with Crippen LogP contribution in [0.2, 0.25) is 0 Å². The maximum Gasteiger partial charge on any atom is 0.262 e. The molecule has 4 rings (SSSR count). The second-order valence-electron chi connectivity index (χ2n) is 6.53. The van der Waals surface area contributed by atoms with E-state index in [9.17, 15) is 13.6 Å². The molecule has 1 saturated heterocycles. The summed E-state index contributed by atoms with van der Waals surface area (Å²) in [5.74, 6) is -0.923. The highest BCUT2D eigenvalue weighted by molar-refractivity contribution is 7.98. The van der Waals surface area contributed by atoms with E-state index in [4.69, 9.17) is 4.74 Å². The van der Waals surface area contributed by atoms with Gasteiger partial charge in [0.05, 0.1) is 23.6 Å². The van der Waals surface area contributed by atoms with Crippen LogP contribution in [0.4, 0.5) is 8.78 Å². The number of halogens is 2. The molecule has 3 aromatic rings. The van der Waals surface area contributed by atoms with E-state index in [-0.39, 0.29) is 11.7 Å². The molecule has 0 radical (unpaired) electrons. The van der Waals surface area contributed by atoms with Gasteiger partial charge in [0.1, 0.15) is 11.6 Å². The minimum Gasteiger partial charge on any atom is -0.376 e. The number of aromatic nitrogens is 2. The summed E-state index contributed by atoms with van der Waals surface area (Å²) >= 11 is 1.29. The van der Waals surface area contributed by atoms with Crippen LogP contribution in [0.5, 0.6) is 0 Å². The molecule has 1 aromatic heterocycles. The summed E-state index contributed by atoms with van der Waals surface area (Å²) < 4.78 is 34.2. The van der Waals surface area contributed by atoms with E-state index in [2.05, 4.69) is 4.98 Å². The van der Waals surface area contributed by atoms with E-state index in [1.54, 1.807) is 16.7 Å². The van der Waals surface area contributed by atoms with Gasteiger partial charge in [-0.2, -0.15) is 0 Å². The molecule has 1 aliphatic rings. The van der Waals surface area contributed by atoms with Crippen molar-refractivity contribution in [3.63, 3.8) is 0 Å². The highest BCUT2D eigenvalue weighted by Crippen LogP contribution is 2.24. The number of ether oxygens (including phenoxy) is 1. The monoisotopic (exact) mass is 388 g/mol. The van der Waals surface area contributed by atoms with Gasteiger partial charge in [0.2, 0.25) is 0 Å². The van der Waals surface area contributed by atoms with Gasteiger partial charge in [-0.05, 0) is 42.7 Å². The first kappa shape index (κ1) is 18.1. The summed E-state index contributed by atoms with van der Waals surface area (Å²) in [7, 11) is 0. The van der Waals surface area contributed by atoms with Crippen LogP contribution in [-0.4, -0.2) is 22.3 Å². The van der Waals surface area contributed by atoms with Crippen LogP contribution in [-0.2, 0) is 17.0 Å². The predicted octanol–water partition coefficient (Wildman–Crippen LogP) is 4.15. The molecular formula is C20H18F2N2O2S. The zero-order valence-electron chi connectivity index (χ0n) is 14.5. The molecule has 4 nitrogen and oxygen atoms in total. The number of para-hydroxylation sites is 1. The average molecular weight is 388 g/mol. The molecule has 7 heteroatoms. The molecule has 1 fully saturated rings. The highest BCUT2D eigenvalue weighted by atomic mass is 32.2. The minimum atomic E-state index is -0.617. The van der Waals surface area contributed by atoms with Crippen molar-refractivity contribution in [2.24, 2.45) is 0 Å². The van der Waals surface area contributed by atoms with Crippen LogP contribution < -0.4 is 5.56 Å². The molecule has 140 valence electrons. The fourth-order valence-electron chi connectivity index (χ4n) is 3.25. The third-order valence-electron chi connectivity index (χ3n) is 4.53. The lowest BCUT2D eigenvalue weighted by Crippen LogP contribution is -2.28. The molecule has 0 saturated carbocycles. The predicted molar refractivity (Wildman–Crippen MR) is 101 cm³/mol. The van der Waals surface area contributed by atoms with Crippen molar-refractivity contribution in [3.05, 3.63) is 70.0 Å². The summed E-state index contributed by atoms with van der Waals surface area (Å²) in [4.78, 5) is 17.6. The van der Waals surface area contributed by atoms with Crippen molar-refractivity contribution >= 4 is 22.7 Å². The molecule has 27 heavy (non-hydrogen) atoms. The molecule has 2 heterocycles. The third kappa shape index (κ3) is 4.04. The second kappa shape index (κ2) is 7.78. The first-order valence-corrected chi connectivity index (χ1v) is 9.77. The van der Waals surface area contributed by atoms with Gasteiger partial charge >= 0.3 is 0 Å². The molecule has 1 unspecified atom stereocenters. The third-order valence-corrected chi connectivity index (χ3v) is 5.57. The molecule has 1 aliphatic heterocycles. The number of hydrogen-bond donors (Lipinski definition) is 0. The van der Waals surface area contributed by atoms with E-state index in [0.717, 1.165) is 18.9 Å². The topological polar surface area (TPSA) is 44.1 Å². The van der Waals surface area contributed by atoms with E-state index < -0.39 is 11.6 Å². The van der Waals surface area contributed by atoms with Crippen LogP contribution >= 0.6 is 11.8 Å². The SMILES string of the molecule is O=c1c2ccccc2nc(SCc2cc(F)cc(F)c2)n1CC1CCCO1. The molecule has 0 aliphatic carbocycles. The Hall–Kier alpha value is -2.25. The molecule has 0 N–H and O–H groups in total. The van der Waals surface area contributed by atoms with Gasteiger partial charge < -0.3 is 4.74 Å². The highest BCUT2D eigenvalue weighted by Gasteiger charge is 2.20. The van der Waals surface area contributed by atoms with Crippen LogP contribution in [0.1, 0.15) is 18.4 Å². The summed E-state index contributed by atoms with van der Waals surface area (Å²) in [5.41, 5.74) is 0.992. The van der Waals surface area contributed by atoms with Gasteiger partial charge in [-0.15, -0.1) is 0 Å². The largest absolute Gasteiger partial charge is 0.376 e. The van der Waals surface area contributed by atoms with E-state index in [0.29, 0.717) is 40.5 Å².